The summed E-state index contributed by atoms with van der Waals surface area (Å²) in [5.41, 5.74) is 0.489. The quantitative estimate of drug-likeness (QED) is 0.860. The standard InChI is InChI=1S/C18H35N3/c1-16-13-17(14-20(16)2)19-15-18(9-5-3-6-10-18)21-11-7-4-8-12-21/h16-17,19H,3-15H2,1-2H3. The fraction of sp³-hybridized carbons (Fsp3) is 1.00. The first-order valence-corrected chi connectivity index (χ1v) is 9.38. The molecule has 2 atom stereocenters. The van der Waals surface area contributed by atoms with E-state index in [-0.39, 0.29) is 0 Å². The Morgan fingerprint density at radius 3 is 2.29 bits per heavy atom. The number of hydrogen-bond donors (Lipinski definition) is 1. The van der Waals surface area contributed by atoms with Crippen LogP contribution in [0.2, 0.25) is 0 Å². The fourth-order valence-corrected chi connectivity index (χ4v) is 4.86. The van der Waals surface area contributed by atoms with Crippen LogP contribution in [0.5, 0.6) is 0 Å². The van der Waals surface area contributed by atoms with Crippen molar-refractivity contribution in [1.29, 1.82) is 0 Å². The maximum atomic E-state index is 3.97. The summed E-state index contributed by atoms with van der Waals surface area (Å²) in [6.45, 7) is 7.53. The lowest BCUT2D eigenvalue weighted by atomic mass is 9.79. The van der Waals surface area contributed by atoms with Gasteiger partial charge in [-0.15, -0.1) is 0 Å². The maximum absolute atomic E-state index is 3.97. The average Bonchev–Trinajstić information content (AvgIpc) is 2.86. The molecule has 3 heteroatoms. The molecule has 3 aliphatic rings. The lowest BCUT2D eigenvalue weighted by Crippen LogP contribution is -2.58. The van der Waals surface area contributed by atoms with E-state index >= 15 is 0 Å². The van der Waals surface area contributed by atoms with Crippen molar-refractivity contribution in [3.05, 3.63) is 0 Å². The van der Waals surface area contributed by atoms with Gasteiger partial charge in [-0.3, -0.25) is 4.90 Å². The zero-order valence-electron chi connectivity index (χ0n) is 14.2. The number of likely N-dealkylation sites (tertiary alicyclic amines) is 2. The van der Waals surface area contributed by atoms with E-state index in [4.69, 9.17) is 0 Å². The van der Waals surface area contributed by atoms with Gasteiger partial charge < -0.3 is 10.2 Å². The molecule has 2 heterocycles. The molecule has 1 saturated carbocycles. The summed E-state index contributed by atoms with van der Waals surface area (Å²) in [5, 5.41) is 3.97. The van der Waals surface area contributed by atoms with E-state index in [0.717, 1.165) is 6.04 Å². The van der Waals surface area contributed by atoms with Gasteiger partial charge in [0.1, 0.15) is 0 Å². The van der Waals surface area contributed by atoms with Gasteiger partial charge in [0.2, 0.25) is 0 Å². The number of hydrogen-bond acceptors (Lipinski definition) is 3. The molecule has 0 radical (unpaired) electrons. The number of piperidine rings is 1. The van der Waals surface area contributed by atoms with Gasteiger partial charge in [0, 0.05) is 30.7 Å². The van der Waals surface area contributed by atoms with Gasteiger partial charge in [-0.25, -0.2) is 0 Å². The lowest BCUT2D eigenvalue weighted by Gasteiger charge is -2.49. The molecule has 122 valence electrons. The van der Waals surface area contributed by atoms with Gasteiger partial charge in [0.15, 0.2) is 0 Å². The second kappa shape index (κ2) is 6.97. The van der Waals surface area contributed by atoms with Crippen LogP contribution in [0.4, 0.5) is 0 Å². The third-order valence-corrected chi connectivity index (χ3v) is 6.42. The van der Waals surface area contributed by atoms with E-state index in [1.807, 2.05) is 0 Å². The smallest absolute Gasteiger partial charge is 0.0334 e. The SMILES string of the molecule is CC1CC(NCC2(N3CCCCC3)CCCCC2)CN1C. The molecule has 0 aromatic rings. The Balaban J connectivity index is 1.59. The molecule has 1 N–H and O–H groups in total. The van der Waals surface area contributed by atoms with Crippen LogP contribution in [-0.4, -0.2) is 60.6 Å². The largest absolute Gasteiger partial charge is 0.311 e. The molecule has 0 spiro atoms. The number of likely N-dealkylation sites (N-methyl/N-ethyl adjacent to an activating group) is 1. The molecule has 0 amide bonds. The molecule has 0 aromatic heterocycles. The first-order valence-electron chi connectivity index (χ1n) is 9.38. The predicted molar refractivity (Wildman–Crippen MR) is 89.7 cm³/mol. The molecule has 3 fully saturated rings. The van der Waals surface area contributed by atoms with Crippen LogP contribution in [0.3, 0.4) is 0 Å². The minimum Gasteiger partial charge on any atom is -0.311 e. The van der Waals surface area contributed by atoms with Crippen molar-refractivity contribution in [3.63, 3.8) is 0 Å². The van der Waals surface area contributed by atoms with E-state index in [1.165, 1.54) is 84.0 Å². The summed E-state index contributed by atoms with van der Waals surface area (Å²) in [4.78, 5) is 5.37. The van der Waals surface area contributed by atoms with Crippen LogP contribution < -0.4 is 5.32 Å². The number of nitrogens with one attached hydrogen (secondary N) is 1. The third kappa shape index (κ3) is 3.62. The molecule has 21 heavy (non-hydrogen) atoms. The highest BCUT2D eigenvalue weighted by Gasteiger charge is 2.39. The molecule has 0 aromatic carbocycles. The molecule has 1 aliphatic carbocycles. The highest BCUT2D eigenvalue weighted by atomic mass is 15.2. The molecule has 2 unspecified atom stereocenters. The van der Waals surface area contributed by atoms with Crippen molar-refractivity contribution in [1.82, 2.24) is 15.1 Å². The molecule has 2 aliphatic heterocycles. The van der Waals surface area contributed by atoms with Gasteiger partial charge >= 0.3 is 0 Å². The minimum atomic E-state index is 0.489. The van der Waals surface area contributed by atoms with Crippen molar-refractivity contribution < 1.29 is 0 Å². The van der Waals surface area contributed by atoms with E-state index in [1.54, 1.807) is 0 Å². The van der Waals surface area contributed by atoms with Crippen LogP contribution in [0.25, 0.3) is 0 Å². The Morgan fingerprint density at radius 1 is 1.00 bits per heavy atom. The Bertz CT molecular complexity index is 308. The van der Waals surface area contributed by atoms with Gasteiger partial charge in [0.25, 0.3) is 0 Å². The summed E-state index contributed by atoms with van der Waals surface area (Å²) < 4.78 is 0. The van der Waals surface area contributed by atoms with Crippen LogP contribution >= 0.6 is 0 Å². The van der Waals surface area contributed by atoms with Gasteiger partial charge in [-0.2, -0.15) is 0 Å². The Kier molecular flexibility index (Phi) is 5.23. The van der Waals surface area contributed by atoms with Gasteiger partial charge in [-0.1, -0.05) is 25.7 Å². The third-order valence-electron chi connectivity index (χ3n) is 6.42. The molecule has 2 saturated heterocycles. The summed E-state index contributed by atoms with van der Waals surface area (Å²) in [7, 11) is 2.27. The molecule has 3 rings (SSSR count). The molecular formula is C18H35N3. The Hall–Kier alpha value is -0.120. The summed E-state index contributed by atoms with van der Waals surface area (Å²) in [6, 6.07) is 1.47. The summed E-state index contributed by atoms with van der Waals surface area (Å²) >= 11 is 0. The highest BCUT2D eigenvalue weighted by molar-refractivity contribution is 4.98. The van der Waals surface area contributed by atoms with Gasteiger partial charge in [-0.05, 0) is 59.2 Å². The van der Waals surface area contributed by atoms with Crippen molar-refractivity contribution in [3.8, 4) is 0 Å². The second-order valence-electron chi connectivity index (χ2n) is 7.93. The van der Waals surface area contributed by atoms with Crippen LogP contribution in [0, 0.1) is 0 Å². The average molecular weight is 293 g/mol. The molecular weight excluding hydrogens is 258 g/mol. The number of rotatable bonds is 4. The van der Waals surface area contributed by atoms with Crippen molar-refractivity contribution in [2.45, 2.75) is 82.3 Å². The highest BCUT2D eigenvalue weighted by Crippen LogP contribution is 2.35. The normalized spacial score (nSPS) is 35.1. The first kappa shape index (κ1) is 15.8. The van der Waals surface area contributed by atoms with E-state index in [0.29, 0.717) is 11.6 Å². The summed E-state index contributed by atoms with van der Waals surface area (Å²) in [5.74, 6) is 0. The van der Waals surface area contributed by atoms with Crippen LogP contribution in [0.15, 0.2) is 0 Å². The topological polar surface area (TPSA) is 18.5 Å². The van der Waals surface area contributed by atoms with Gasteiger partial charge in [0.05, 0.1) is 0 Å². The van der Waals surface area contributed by atoms with E-state index < -0.39 is 0 Å². The van der Waals surface area contributed by atoms with E-state index in [2.05, 4.69) is 29.1 Å². The van der Waals surface area contributed by atoms with Crippen molar-refractivity contribution in [2.24, 2.45) is 0 Å². The number of nitrogens with zero attached hydrogens (tertiary/aromatic N) is 2. The Labute approximate surface area is 131 Å². The maximum Gasteiger partial charge on any atom is 0.0334 e. The lowest BCUT2D eigenvalue weighted by molar-refractivity contribution is 0.0316. The molecule has 0 bridgehead atoms. The zero-order chi connectivity index (χ0) is 14.7. The first-order chi connectivity index (χ1) is 10.2. The minimum absolute atomic E-state index is 0.489. The van der Waals surface area contributed by atoms with Crippen LogP contribution in [-0.2, 0) is 0 Å². The second-order valence-corrected chi connectivity index (χ2v) is 7.93. The molecule has 3 nitrogen and oxygen atoms in total. The van der Waals surface area contributed by atoms with Crippen molar-refractivity contribution >= 4 is 0 Å². The Morgan fingerprint density at radius 2 is 1.67 bits per heavy atom. The van der Waals surface area contributed by atoms with E-state index in [9.17, 15) is 0 Å². The zero-order valence-corrected chi connectivity index (χ0v) is 14.2. The summed E-state index contributed by atoms with van der Waals surface area (Å²) in [6.07, 6.45) is 12.8. The predicted octanol–water partition coefficient (Wildman–Crippen LogP) is 2.86. The monoisotopic (exact) mass is 293 g/mol. The fourth-order valence-electron chi connectivity index (χ4n) is 4.86. The van der Waals surface area contributed by atoms with Crippen LogP contribution in [0.1, 0.15) is 64.7 Å². The van der Waals surface area contributed by atoms with Crippen molar-refractivity contribution in [2.75, 3.05) is 33.2 Å².